The molecule has 0 aromatic carbocycles. The van der Waals surface area contributed by atoms with E-state index in [0.29, 0.717) is 17.9 Å². The number of nitrogens with one attached hydrogen (secondary N) is 1. The van der Waals surface area contributed by atoms with E-state index in [2.05, 4.69) is 33.7 Å². The first-order chi connectivity index (χ1) is 9.61. The molecule has 106 valence electrons. The molecule has 0 spiro atoms. The smallest absolute Gasteiger partial charge is 0.222 e. The molecular weight excluding hydrogens is 270 g/mol. The highest BCUT2D eigenvalue weighted by molar-refractivity contribution is 7.10. The first-order valence-electron chi connectivity index (χ1n) is 6.78. The van der Waals surface area contributed by atoms with Crippen molar-refractivity contribution in [3.63, 3.8) is 0 Å². The number of thiophene rings is 1. The van der Waals surface area contributed by atoms with Gasteiger partial charge in [0.15, 0.2) is 0 Å². The Bertz CT molecular complexity index is 603. The molecule has 0 bridgehead atoms. The Morgan fingerprint density at radius 3 is 2.85 bits per heavy atom. The van der Waals surface area contributed by atoms with Crippen LogP contribution in [0.1, 0.15) is 34.9 Å². The third-order valence-corrected chi connectivity index (χ3v) is 4.78. The van der Waals surface area contributed by atoms with E-state index in [0.717, 1.165) is 30.9 Å². The molecule has 0 unspecified atom stereocenters. The highest BCUT2D eigenvalue weighted by Crippen LogP contribution is 2.35. The summed E-state index contributed by atoms with van der Waals surface area (Å²) in [6.07, 6.45) is 1.97. The average Bonchev–Trinajstić information content (AvgIpc) is 2.77. The summed E-state index contributed by atoms with van der Waals surface area (Å²) in [5.41, 5.74) is 13.9. The molecule has 2 aromatic heterocycles. The van der Waals surface area contributed by atoms with Gasteiger partial charge in [0.1, 0.15) is 5.82 Å². The first-order valence-corrected chi connectivity index (χ1v) is 7.66. The fraction of sp³-hybridized carbons (Fsp3) is 0.429. The minimum atomic E-state index is 0.307. The lowest BCUT2D eigenvalue weighted by Crippen LogP contribution is -2.35. The van der Waals surface area contributed by atoms with Crippen molar-refractivity contribution >= 4 is 23.1 Å². The topological polar surface area (TPSA) is 89.8 Å². The number of nitrogens with two attached hydrogens (primary N) is 2. The van der Waals surface area contributed by atoms with Crippen LogP contribution in [0, 0.1) is 6.92 Å². The van der Waals surface area contributed by atoms with Crippen LogP contribution in [0.15, 0.2) is 17.5 Å². The van der Waals surface area contributed by atoms with E-state index in [1.54, 1.807) is 11.3 Å². The summed E-state index contributed by atoms with van der Waals surface area (Å²) < 4.78 is 0. The van der Waals surface area contributed by atoms with E-state index in [-0.39, 0.29) is 0 Å². The number of anilines is 2. The number of rotatable bonds is 4. The van der Waals surface area contributed by atoms with Gasteiger partial charge < -0.3 is 16.8 Å². The zero-order valence-corrected chi connectivity index (χ0v) is 12.3. The predicted molar refractivity (Wildman–Crippen MR) is 82.8 cm³/mol. The Balaban J connectivity index is 1.71. The molecule has 6 heteroatoms. The van der Waals surface area contributed by atoms with Crippen LogP contribution in [0.2, 0.25) is 0 Å². The van der Waals surface area contributed by atoms with E-state index in [4.69, 9.17) is 11.5 Å². The number of nitrogens with zero attached hydrogens (tertiary/aromatic N) is 2. The van der Waals surface area contributed by atoms with Crippen LogP contribution in [0.3, 0.4) is 0 Å². The lowest BCUT2D eigenvalue weighted by atomic mass is 9.78. The zero-order chi connectivity index (χ0) is 14.1. The molecule has 0 atom stereocenters. The Kier molecular flexibility index (Phi) is 3.58. The third-order valence-electron chi connectivity index (χ3n) is 3.75. The van der Waals surface area contributed by atoms with E-state index in [1.165, 1.54) is 10.4 Å². The lowest BCUT2D eigenvalue weighted by molar-refractivity contribution is 0.345. The number of hydrogen-bond acceptors (Lipinski definition) is 6. The van der Waals surface area contributed by atoms with Crippen LogP contribution >= 0.6 is 11.3 Å². The van der Waals surface area contributed by atoms with E-state index in [9.17, 15) is 0 Å². The van der Waals surface area contributed by atoms with Crippen molar-refractivity contribution in [3.05, 3.63) is 33.6 Å². The van der Waals surface area contributed by atoms with Gasteiger partial charge in [-0.1, -0.05) is 0 Å². The second-order valence-corrected chi connectivity index (χ2v) is 6.35. The average molecular weight is 289 g/mol. The van der Waals surface area contributed by atoms with Gasteiger partial charge in [-0.25, -0.2) is 4.98 Å². The summed E-state index contributed by atoms with van der Waals surface area (Å²) in [5.74, 6) is 1.55. The van der Waals surface area contributed by atoms with Crippen molar-refractivity contribution in [3.8, 4) is 0 Å². The molecule has 2 aromatic rings. The fourth-order valence-electron chi connectivity index (χ4n) is 2.44. The minimum Gasteiger partial charge on any atom is -0.368 e. The van der Waals surface area contributed by atoms with Gasteiger partial charge in [0, 0.05) is 22.9 Å². The SMILES string of the molecule is Cc1ccsc1CNc1cc(C2CC(N)C2)nc(N)n1. The van der Waals surface area contributed by atoms with Crippen LogP contribution in [-0.4, -0.2) is 16.0 Å². The predicted octanol–water partition coefficient (Wildman–Crippen LogP) is 2.25. The maximum absolute atomic E-state index is 5.83. The summed E-state index contributed by atoms with van der Waals surface area (Å²) in [6, 6.07) is 4.42. The van der Waals surface area contributed by atoms with Crippen LogP contribution < -0.4 is 16.8 Å². The standard InChI is InChI=1S/C14H19N5S/c1-8-2-3-20-12(8)7-17-13-6-11(18-14(16)19-13)9-4-10(15)5-9/h2-3,6,9-10H,4-5,7,15H2,1H3,(H3,16,17,18,19). The summed E-state index contributed by atoms with van der Waals surface area (Å²) in [6.45, 7) is 2.88. The van der Waals surface area contributed by atoms with Gasteiger partial charge in [-0.3, -0.25) is 0 Å². The lowest BCUT2D eigenvalue weighted by Gasteiger charge is -2.32. The molecule has 1 aliphatic rings. The highest BCUT2D eigenvalue weighted by Gasteiger charge is 2.29. The van der Waals surface area contributed by atoms with Gasteiger partial charge in [-0.05, 0) is 36.8 Å². The summed E-state index contributed by atoms with van der Waals surface area (Å²) in [4.78, 5) is 9.89. The zero-order valence-electron chi connectivity index (χ0n) is 11.5. The molecule has 0 aliphatic heterocycles. The van der Waals surface area contributed by atoms with Gasteiger partial charge in [-0.15, -0.1) is 11.3 Å². The Hall–Kier alpha value is -1.66. The first kappa shape index (κ1) is 13.3. The molecule has 0 radical (unpaired) electrons. The molecular formula is C14H19N5S. The third kappa shape index (κ3) is 2.76. The molecule has 5 N–H and O–H groups in total. The summed E-state index contributed by atoms with van der Waals surface area (Å²) in [5, 5.41) is 5.43. The Morgan fingerprint density at radius 1 is 1.40 bits per heavy atom. The van der Waals surface area contributed by atoms with Crippen molar-refractivity contribution < 1.29 is 0 Å². The number of nitrogen functional groups attached to an aromatic ring is 1. The minimum absolute atomic E-state index is 0.307. The molecule has 20 heavy (non-hydrogen) atoms. The summed E-state index contributed by atoms with van der Waals surface area (Å²) in [7, 11) is 0. The number of hydrogen-bond donors (Lipinski definition) is 3. The highest BCUT2D eigenvalue weighted by atomic mass is 32.1. The molecule has 1 saturated carbocycles. The van der Waals surface area contributed by atoms with Crippen molar-refractivity contribution in [2.45, 2.75) is 38.3 Å². The number of aromatic nitrogens is 2. The number of aryl methyl sites for hydroxylation is 1. The molecule has 1 aliphatic carbocycles. The maximum atomic E-state index is 5.83. The molecule has 1 fully saturated rings. The molecule has 2 heterocycles. The van der Waals surface area contributed by atoms with Crippen molar-refractivity contribution in [2.24, 2.45) is 5.73 Å². The molecule has 0 saturated heterocycles. The van der Waals surface area contributed by atoms with Crippen LogP contribution in [-0.2, 0) is 6.54 Å². The fourth-order valence-corrected chi connectivity index (χ4v) is 3.29. The second-order valence-electron chi connectivity index (χ2n) is 5.34. The van der Waals surface area contributed by atoms with Crippen molar-refractivity contribution in [1.29, 1.82) is 0 Å². The normalized spacial score (nSPS) is 21.5. The monoisotopic (exact) mass is 289 g/mol. The van der Waals surface area contributed by atoms with Crippen LogP contribution in [0.4, 0.5) is 11.8 Å². The van der Waals surface area contributed by atoms with Gasteiger partial charge in [0.2, 0.25) is 5.95 Å². The Morgan fingerprint density at radius 2 is 2.20 bits per heavy atom. The van der Waals surface area contributed by atoms with Crippen molar-refractivity contribution in [2.75, 3.05) is 11.1 Å². The van der Waals surface area contributed by atoms with Crippen LogP contribution in [0.5, 0.6) is 0 Å². The van der Waals surface area contributed by atoms with E-state index in [1.807, 2.05) is 6.07 Å². The summed E-state index contributed by atoms with van der Waals surface area (Å²) >= 11 is 1.75. The van der Waals surface area contributed by atoms with E-state index >= 15 is 0 Å². The second kappa shape index (κ2) is 5.38. The largest absolute Gasteiger partial charge is 0.368 e. The van der Waals surface area contributed by atoms with Gasteiger partial charge >= 0.3 is 0 Å². The quantitative estimate of drug-likeness (QED) is 0.803. The molecule has 3 rings (SSSR count). The van der Waals surface area contributed by atoms with Gasteiger partial charge in [0.25, 0.3) is 0 Å². The van der Waals surface area contributed by atoms with Crippen molar-refractivity contribution in [1.82, 2.24) is 9.97 Å². The van der Waals surface area contributed by atoms with E-state index < -0.39 is 0 Å². The van der Waals surface area contributed by atoms with Gasteiger partial charge in [-0.2, -0.15) is 4.98 Å². The van der Waals surface area contributed by atoms with Gasteiger partial charge in [0.05, 0.1) is 12.2 Å². The van der Waals surface area contributed by atoms with Crippen LogP contribution in [0.25, 0.3) is 0 Å². The maximum Gasteiger partial charge on any atom is 0.222 e. The molecule has 0 amide bonds. The Labute approximate surface area is 122 Å². The molecule has 5 nitrogen and oxygen atoms in total.